The van der Waals surface area contributed by atoms with Crippen LogP contribution in [0.25, 0.3) is 0 Å². The van der Waals surface area contributed by atoms with E-state index in [9.17, 15) is 13.9 Å². The molecule has 146 valence electrons. The van der Waals surface area contributed by atoms with Crippen LogP contribution in [0.3, 0.4) is 0 Å². The first-order valence-electron chi connectivity index (χ1n) is 9.68. The second-order valence-electron chi connectivity index (χ2n) is 7.35. The number of nitrogens with one attached hydrogen (secondary N) is 2. The van der Waals surface area contributed by atoms with E-state index in [-0.39, 0.29) is 12.1 Å². The Labute approximate surface area is 159 Å². The first-order valence-corrected chi connectivity index (χ1v) is 9.68. The van der Waals surface area contributed by atoms with Crippen LogP contribution >= 0.6 is 0 Å². The Morgan fingerprint density at radius 1 is 1.11 bits per heavy atom. The molecule has 1 unspecified atom stereocenters. The monoisotopic (exact) mass is 374 g/mol. The number of hydrogen-bond acceptors (Lipinski definition) is 3. The third kappa shape index (κ3) is 5.34. The molecule has 3 rings (SSSR count). The topological polar surface area (TPSA) is 44.3 Å². The van der Waals surface area contributed by atoms with E-state index in [2.05, 4.69) is 34.9 Å². The largest absolute Gasteiger partial charge is 0.390 e. The SMILES string of the molecule is CN[C@@H](Cc1cc(F)cc(F)c1)[C@H](O)CNC1CCCCc2ccccc21. The summed E-state index contributed by atoms with van der Waals surface area (Å²) in [4.78, 5) is 0. The van der Waals surface area contributed by atoms with Gasteiger partial charge >= 0.3 is 0 Å². The van der Waals surface area contributed by atoms with E-state index in [1.54, 1.807) is 7.05 Å². The molecule has 0 amide bonds. The Hall–Kier alpha value is -1.82. The summed E-state index contributed by atoms with van der Waals surface area (Å²) in [6, 6.07) is 11.9. The average molecular weight is 374 g/mol. The lowest BCUT2D eigenvalue weighted by atomic mass is 9.97. The summed E-state index contributed by atoms with van der Waals surface area (Å²) in [7, 11) is 1.75. The third-order valence-electron chi connectivity index (χ3n) is 5.41. The quantitative estimate of drug-likeness (QED) is 0.650. The highest BCUT2D eigenvalue weighted by Gasteiger charge is 2.22. The Morgan fingerprint density at radius 2 is 1.85 bits per heavy atom. The first kappa shape index (κ1) is 19.9. The normalized spacial score (nSPS) is 19.2. The Bertz CT molecular complexity index is 733. The molecule has 1 aliphatic rings. The molecule has 0 saturated heterocycles. The van der Waals surface area contributed by atoms with E-state index >= 15 is 0 Å². The number of rotatable bonds is 7. The molecule has 0 spiro atoms. The van der Waals surface area contributed by atoms with Crippen LogP contribution < -0.4 is 10.6 Å². The lowest BCUT2D eigenvalue weighted by Crippen LogP contribution is -2.45. The number of aliphatic hydroxyl groups excluding tert-OH is 1. The van der Waals surface area contributed by atoms with Crippen molar-refractivity contribution in [2.24, 2.45) is 0 Å². The van der Waals surface area contributed by atoms with Crippen LogP contribution in [0.4, 0.5) is 8.78 Å². The van der Waals surface area contributed by atoms with Gasteiger partial charge < -0.3 is 15.7 Å². The summed E-state index contributed by atoms with van der Waals surface area (Å²) in [6.45, 7) is 0.419. The standard InChI is InChI=1S/C22H28F2N2O/c1-25-21(12-15-10-17(23)13-18(24)11-15)22(27)14-26-20-9-5-3-7-16-6-2-4-8-19(16)20/h2,4,6,8,10-11,13,20-22,25-27H,3,5,7,9,12,14H2,1H3/t20?,21-,22+/m0/s1. The van der Waals surface area contributed by atoms with Gasteiger partial charge in [0, 0.05) is 24.7 Å². The van der Waals surface area contributed by atoms with Crippen molar-refractivity contribution in [1.82, 2.24) is 10.6 Å². The fourth-order valence-electron chi connectivity index (χ4n) is 3.95. The van der Waals surface area contributed by atoms with Gasteiger partial charge in [0.1, 0.15) is 11.6 Å². The lowest BCUT2D eigenvalue weighted by molar-refractivity contribution is 0.124. The summed E-state index contributed by atoms with van der Waals surface area (Å²) in [5.41, 5.74) is 3.23. The van der Waals surface area contributed by atoms with Gasteiger partial charge in [-0.15, -0.1) is 0 Å². The Balaban J connectivity index is 1.62. The van der Waals surface area contributed by atoms with Crippen molar-refractivity contribution < 1.29 is 13.9 Å². The number of hydrogen-bond donors (Lipinski definition) is 3. The average Bonchev–Trinajstić information content (AvgIpc) is 2.85. The Kier molecular flexibility index (Phi) is 6.94. The molecule has 5 heteroatoms. The van der Waals surface area contributed by atoms with E-state index in [1.807, 2.05) is 0 Å². The van der Waals surface area contributed by atoms with Gasteiger partial charge in [-0.05, 0) is 61.6 Å². The smallest absolute Gasteiger partial charge is 0.126 e. The van der Waals surface area contributed by atoms with Gasteiger partial charge in [0.25, 0.3) is 0 Å². The highest BCUT2D eigenvalue weighted by Crippen LogP contribution is 2.28. The number of aryl methyl sites for hydroxylation is 1. The first-order chi connectivity index (χ1) is 13.1. The van der Waals surface area contributed by atoms with Crippen LogP contribution in [-0.4, -0.2) is 30.8 Å². The van der Waals surface area contributed by atoms with E-state index in [4.69, 9.17) is 0 Å². The molecule has 27 heavy (non-hydrogen) atoms. The molecule has 0 fully saturated rings. The molecule has 3 atom stereocenters. The maximum absolute atomic E-state index is 13.4. The van der Waals surface area contributed by atoms with Crippen molar-refractivity contribution in [2.45, 2.75) is 50.3 Å². The third-order valence-corrected chi connectivity index (χ3v) is 5.41. The molecule has 3 N–H and O–H groups in total. The molecular formula is C22H28F2N2O. The molecule has 2 aromatic carbocycles. The molecular weight excluding hydrogens is 346 g/mol. The molecule has 0 aromatic heterocycles. The highest BCUT2D eigenvalue weighted by molar-refractivity contribution is 5.31. The molecule has 1 aliphatic carbocycles. The van der Waals surface area contributed by atoms with Crippen molar-refractivity contribution in [3.8, 4) is 0 Å². The zero-order valence-corrected chi connectivity index (χ0v) is 15.7. The van der Waals surface area contributed by atoms with Crippen LogP contribution in [-0.2, 0) is 12.8 Å². The molecule has 0 heterocycles. The van der Waals surface area contributed by atoms with Crippen LogP contribution in [0, 0.1) is 11.6 Å². The van der Waals surface area contributed by atoms with Gasteiger partial charge in [-0.25, -0.2) is 8.78 Å². The summed E-state index contributed by atoms with van der Waals surface area (Å²) in [6.07, 6.45) is 4.17. The number of likely N-dealkylation sites (N-methyl/N-ethyl adjacent to an activating group) is 1. The predicted molar refractivity (Wildman–Crippen MR) is 104 cm³/mol. The molecule has 0 aliphatic heterocycles. The van der Waals surface area contributed by atoms with Crippen LogP contribution in [0.2, 0.25) is 0 Å². The summed E-state index contributed by atoms with van der Waals surface area (Å²) in [5, 5.41) is 17.2. The van der Waals surface area contributed by atoms with Gasteiger partial charge in [-0.1, -0.05) is 30.7 Å². The summed E-state index contributed by atoms with van der Waals surface area (Å²) in [5.74, 6) is -1.19. The van der Waals surface area contributed by atoms with Crippen LogP contribution in [0.15, 0.2) is 42.5 Å². The zero-order valence-electron chi connectivity index (χ0n) is 15.7. The van der Waals surface area contributed by atoms with Gasteiger partial charge in [-0.2, -0.15) is 0 Å². The number of halogens is 2. The van der Waals surface area contributed by atoms with Crippen LogP contribution in [0.1, 0.15) is 42.0 Å². The molecule has 3 nitrogen and oxygen atoms in total. The van der Waals surface area contributed by atoms with E-state index < -0.39 is 17.7 Å². The van der Waals surface area contributed by atoms with Gasteiger partial charge in [0.15, 0.2) is 0 Å². The van der Waals surface area contributed by atoms with E-state index in [0.717, 1.165) is 25.3 Å². The molecule has 0 bridgehead atoms. The zero-order chi connectivity index (χ0) is 19.2. The summed E-state index contributed by atoms with van der Waals surface area (Å²) < 4.78 is 26.8. The van der Waals surface area contributed by atoms with E-state index in [0.29, 0.717) is 18.5 Å². The molecule has 2 aromatic rings. The number of aliphatic hydroxyl groups is 1. The number of benzene rings is 2. The van der Waals surface area contributed by atoms with E-state index in [1.165, 1.54) is 29.7 Å². The maximum atomic E-state index is 13.4. The van der Waals surface area contributed by atoms with Crippen molar-refractivity contribution in [1.29, 1.82) is 0 Å². The molecule has 0 radical (unpaired) electrons. The maximum Gasteiger partial charge on any atom is 0.126 e. The van der Waals surface area contributed by atoms with Crippen molar-refractivity contribution >= 4 is 0 Å². The molecule has 0 saturated carbocycles. The second-order valence-corrected chi connectivity index (χ2v) is 7.35. The highest BCUT2D eigenvalue weighted by atomic mass is 19.1. The van der Waals surface area contributed by atoms with Crippen molar-refractivity contribution in [2.75, 3.05) is 13.6 Å². The van der Waals surface area contributed by atoms with Crippen LogP contribution in [0.5, 0.6) is 0 Å². The summed E-state index contributed by atoms with van der Waals surface area (Å²) >= 11 is 0. The predicted octanol–water partition coefficient (Wildman–Crippen LogP) is 3.51. The fraction of sp³-hybridized carbons (Fsp3) is 0.455. The van der Waals surface area contributed by atoms with Crippen molar-refractivity contribution in [3.05, 3.63) is 70.8 Å². The van der Waals surface area contributed by atoms with Crippen molar-refractivity contribution in [3.63, 3.8) is 0 Å². The van der Waals surface area contributed by atoms with Gasteiger partial charge in [0.05, 0.1) is 6.10 Å². The minimum atomic E-state index is -0.670. The minimum Gasteiger partial charge on any atom is -0.390 e. The van der Waals surface area contributed by atoms with Gasteiger partial charge in [0.2, 0.25) is 0 Å². The lowest BCUT2D eigenvalue weighted by Gasteiger charge is -2.26. The fourth-order valence-corrected chi connectivity index (χ4v) is 3.95. The Morgan fingerprint density at radius 3 is 2.59 bits per heavy atom. The minimum absolute atomic E-state index is 0.225. The number of fused-ring (bicyclic) bond motifs is 1. The second kappa shape index (κ2) is 9.40. The van der Waals surface area contributed by atoms with Gasteiger partial charge in [-0.3, -0.25) is 0 Å².